The highest BCUT2D eigenvalue weighted by atomic mass is 32.2. The Balaban J connectivity index is 1.93. The molecular formula is C12H15FN2OS2. The Morgan fingerprint density at radius 1 is 1.50 bits per heavy atom. The molecule has 3 N–H and O–H groups in total. The molecule has 6 heteroatoms. The minimum Gasteiger partial charge on any atom is -0.396 e. The Kier molecular flexibility index (Phi) is 4.77. The number of amides is 1. The maximum absolute atomic E-state index is 13.2. The van der Waals surface area contributed by atoms with Crippen molar-refractivity contribution in [3.8, 4) is 0 Å². The molecule has 1 amide bonds. The Hall–Kier alpha value is -0.880. The number of anilines is 1. The third-order valence-corrected chi connectivity index (χ3v) is 5.52. The summed E-state index contributed by atoms with van der Waals surface area (Å²) in [5, 5.41) is 3.25. The third-order valence-electron chi connectivity index (χ3n) is 2.67. The number of carbonyl (C=O) groups is 1. The van der Waals surface area contributed by atoms with Gasteiger partial charge in [-0.2, -0.15) is 23.5 Å². The highest BCUT2D eigenvalue weighted by Crippen LogP contribution is 2.23. The molecular weight excluding hydrogens is 271 g/mol. The van der Waals surface area contributed by atoms with E-state index in [4.69, 9.17) is 5.73 Å². The second kappa shape index (κ2) is 6.33. The van der Waals surface area contributed by atoms with Gasteiger partial charge in [-0.15, -0.1) is 0 Å². The number of nitrogens with one attached hydrogen (secondary N) is 1. The van der Waals surface area contributed by atoms with Crippen molar-refractivity contribution in [2.75, 3.05) is 29.5 Å². The quantitative estimate of drug-likeness (QED) is 0.834. The first-order valence-corrected chi connectivity index (χ1v) is 7.90. The molecule has 1 saturated heterocycles. The average Bonchev–Trinajstić information content (AvgIpc) is 2.40. The third kappa shape index (κ3) is 3.32. The number of thioether (sulfide) groups is 2. The maximum atomic E-state index is 13.2. The molecule has 1 unspecified atom stereocenters. The summed E-state index contributed by atoms with van der Waals surface area (Å²) in [6.07, 6.45) is 0. The number of hydrogen-bond donors (Lipinski definition) is 2. The molecule has 0 radical (unpaired) electrons. The molecule has 0 saturated carbocycles. The number of nitrogen functional groups attached to an aromatic ring is 1. The standard InChI is InChI=1S/C12H15FN2OS2/c13-10-3-1-2-9(11(10)14)12(16)15-6-8-7-17-4-5-18-8/h1-3,8H,4-7,14H2,(H,15,16). The summed E-state index contributed by atoms with van der Waals surface area (Å²) in [7, 11) is 0. The van der Waals surface area contributed by atoms with Crippen LogP contribution in [0.2, 0.25) is 0 Å². The number of rotatable bonds is 3. The van der Waals surface area contributed by atoms with E-state index in [2.05, 4.69) is 5.32 Å². The van der Waals surface area contributed by atoms with Gasteiger partial charge in [0.2, 0.25) is 0 Å². The number of carbonyl (C=O) groups excluding carboxylic acids is 1. The van der Waals surface area contributed by atoms with Gasteiger partial charge in [0.15, 0.2) is 0 Å². The lowest BCUT2D eigenvalue weighted by molar-refractivity contribution is 0.0955. The van der Waals surface area contributed by atoms with Gasteiger partial charge in [0.25, 0.3) is 5.91 Å². The first-order valence-electron chi connectivity index (χ1n) is 5.70. The molecule has 1 fully saturated rings. The van der Waals surface area contributed by atoms with Crippen LogP contribution in [0.4, 0.5) is 10.1 Å². The van der Waals surface area contributed by atoms with Crippen LogP contribution in [0, 0.1) is 5.82 Å². The van der Waals surface area contributed by atoms with Crippen LogP contribution >= 0.6 is 23.5 Å². The van der Waals surface area contributed by atoms with Gasteiger partial charge in [-0.05, 0) is 12.1 Å². The zero-order valence-electron chi connectivity index (χ0n) is 9.82. The van der Waals surface area contributed by atoms with Crippen LogP contribution in [0.25, 0.3) is 0 Å². The molecule has 18 heavy (non-hydrogen) atoms. The zero-order valence-corrected chi connectivity index (χ0v) is 11.5. The molecule has 0 spiro atoms. The monoisotopic (exact) mass is 286 g/mol. The van der Waals surface area contributed by atoms with Crippen molar-refractivity contribution in [3.63, 3.8) is 0 Å². The highest BCUT2D eigenvalue weighted by Gasteiger charge is 2.17. The molecule has 1 aliphatic heterocycles. The van der Waals surface area contributed by atoms with Crippen molar-refractivity contribution in [2.24, 2.45) is 0 Å². The topological polar surface area (TPSA) is 55.1 Å². The van der Waals surface area contributed by atoms with Crippen LogP contribution in [0.3, 0.4) is 0 Å². The van der Waals surface area contributed by atoms with Crippen molar-refractivity contribution in [1.82, 2.24) is 5.32 Å². The molecule has 0 aromatic heterocycles. The van der Waals surface area contributed by atoms with E-state index in [0.29, 0.717) is 11.8 Å². The van der Waals surface area contributed by atoms with E-state index in [9.17, 15) is 9.18 Å². The van der Waals surface area contributed by atoms with Gasteiger partial charge in [0.05, 0.1) is 11.3 Å². The van der Waals surface area contributed by atoms with Gasteiger partial charge in [0, 0.05) is 29.1 Å². The van der Waals surface area contributed by atoms with Crippen LogP contribution in [0.1, 0.15) is 10.4 Å². The summed E-state index contributed by atoms with van der Waals surface area (Å²) in [4.78, 5) is 11.9. The van der Waals surface area contributed by atoms with Gasteiger partial charge in [-0.1, -0.05) is 6.07 Å². The number of benzene rings is 1. The fourth-order valence-electron chi connectivity index (χ4n) is 1.69. The normalized spacial score (nSPS) is 19.5. The summed E-state index contributed by atoms with van der Waals surface area (Å²) in [6, 6.07) is 4.28. The fourth-order valence-corrected chi connectivity index (χ4v) is 4.30. The van der Waals surface area contributed by atoms with Gasteiger partial charge in [-0.3, -0.25) is 4.79 Å². The van der Waals surface area contributed by atoms with Gasteiger partial charge in [-0.25, -0.2) is 4.39 Å². The molecule has 98 valence electrons. The Morgan fingerprint density at radius 2 is 2.33 bits per heavy atom. The number of halogens is 1. The minimum atomic E-state index is -0.551. The number of para-hydroxylation sites is 1. The van der Waals surface area contributed by atoms with Crippen LogP contribution in [-0.4, -0.2) is 35.0 Å². The van der Waals surface area contributed by atoms with E-state index < -0.39 is 5.82 Å². The van der Waals surface area contributed by atoms with E-state index in [-0.39, 0.29) is 17.2 Å². The molecule has 0 aliphatic carbocycles. The lowest BCUT2D eigenvalue weighted by atomic mass is 10.1. The van der Waals surface area contributed by atoms with Crippen molar-refractivity contribution in [1.29, 1.82) is 0 Å². The van der Waals surface area contributed by atoms with Crippen molar-refractivity contribution in [3.05, 3.63) is 29.6 Å². The summed E-state index contributed by atoms with van der Waals surface area (Å²) >= 11 is 3.77. The zero-order chi connectivity index (χ0) is 13.0. The lowest BCUT2D eigenvalue weighted by Crippen LogP contribution is -2.33. The van der Waals surface area contributed by atoms with Gasteiger partial charge in [0.1, 0.15) is 5.82 Å². The summed E-state index contributed by atoms with van der Waals surface area (Å²) < 4.78 is 13.2. The summed E-state index contributed by atoms with van der Waals surface area (Å²) in [5.41, 5.74) is 5.68. The Morgan fingerprint density at radius 3 is 3.06 bits per heavy atom. The van der Waals surface area contributed by atoms with Crippen molar-refractivity contribution >= 4 is 35.1 Å². The predicted octanol–water partition coefficient (Wildman–Crippen LogP) is 1.99. The van der Waals surface area contributed by atoms with Crippen LogP contribution < -0.4 is 11.1 Å². The SMILES string of the molecule is Nc1c(F)cccc1C(=O)NCC1CSCCS1. The van der Waals surface area contributed by atoms with E-state index in [1.54, 1.807) is 0 Å². The van der Waals surface area contributed by atoms with Gasteiger partial charge < -0.3 is 11.1 Å². The second-order valence-corrected chi connectivity index (χ2v) is 6.54. The summed E-state index contributed by atoms with van der Waals surface area (Å²) in [6.45, 7) is 0.604. The molecule has 0 bridgehead atoms. The maximum Gasteiger partial charge on any atom is 0.253 e. The highest BCUT2D eigenvalue weighted by molar-refractivity contribution is 8.06. The molecule has 1 aromatic rings. The number of hydrogen-bond acceptors (Lipinski definition) is 4. The van der Waals surface area contributed by atoms with E-state index in [1.165, 1.54) is 24.0 Å². The van der Waals surface area contributed by atoms with Crippen LogP contribution in [0.5, 0.6) is 0 Å². The molecule has 1 atom stereocenters. The lowest BCUT2D eigenvalue weighted by Gasteiger charge is -2.21. The Bertz CT molecular complexity index is 436. The average molecular weight is 286 g/mol. The first kappa shape index (κ1) is 13.5. The van der Waals surface area contributed by atoms with Crippen LogP contribution in [0.15, 0.2) is 18.2 Å². The van der Waals surface area contributed by atoms with E-state index in [1.807, 2.05) is 23.5 Å². The second-order valence-electron chi connectivity index (χ2n) is 3.98. The smallest absolute Gasteiger partial charge is 0.253 e. The molecule has 1 aliphatic rings. The minimum absolute atomic E-state index is 0.0827. The summed E-state index contributed by atoms with van der Waals surface area (Å²) in [5.74, 6) is 2.48. The Labute approximate surface area is 114 Å². The number of nitrogens with two attached hydrogens (primary N) is 1. The van der Waals surface area contributed by atoms with Gasteiger partial charge >= 0.3 is 0 Å². The van der Waals surface area contributed by atoms with Crippen LogP contribution in [-0.2, 0) is 0 Å². The first-order chi connectivity index (χ1) is 8.68. The van der Waals surface area contributed by atoms with Crippen molar-refractivity contribution < 1.29 is 9.18 Å². The molecule has 1 aromatic carbocycles. The molecule has 1 heterocycles. The van der Waals surface area contributed by atoms with E-state index >= 15 is 0 Å². The van der Waals surface area contributed by atoms with Crippen molar-refractivity contribution in [2.45, 2.75) is 5.25 Å². The largest absolute Gasteiger partial charge is 0.396 e. The molecule has 2 rings (SSSR count). The molecule has 3 nitrogen and oxygen atoms in total. The van der Waals surface area contributed by atoms with E-state index in [0.717, 1.165) is 11.5 Å². The predicted molar refractivity (Wildman–Crippen MR) is 76.7 cm³/mol. The fraction of sp³-hybridized carbons (Fsp3) is 0.417.